The zero-order valence-corrected chi connectivity index (χ0v) is 11.2. The maximum Gasteiger partial charge on any atom is -0.0249 e. The van der Waals surface area contributed by atoms with E-state index >= 15 is 0 Å². The first kappa shape index (κ1) is 14.0. The van der Waals surface area contributed by atoms with Crippen molar-refractivity contribution < 1.29 is 0 Å². The molecular weight excluding hydrogens is 168 g/mol. The Morgan fingerprint density at radius 2 is 0.929 bits per heavy atom. The van der Waals surface area contributed by atoms with Crippen LogP contribution >= 0.6 is 0 Å². The first-order chi connectivity index (χ1) is 6.43. The predicted octanol–water partition coefficient (Wildman–Crippen LogP) is 5.42. The third kappa shape index (κ3) is 3.29. The van der Waals surface area contributed by atoms with Crippen LogP contribution in [-0.2, 0) is 0 Å². The van der Waals surface area contributed by atoms with Gasteiger partial charge in [-0.25, -0.2) is 0 Å². The van der Waals surface area contributed by atoms with Gasteiger partial charge in [0.25, 0.3) is 0 Å². The molecule has 0 radical (unpaired) electrons. The largest absolute Gasteiger partial charge is 0.0654 e. The van der Waals surface area contributed by atoms with E-state index in [2.05, 4.69) is 41.5 Å². The maximum atomic E-state index is 2.42. The molecule has 0 saturated carbocycles. The molecule has 0 amide bonds. The van der Waals surface area contributed by atoms with Gasteiger partial charge in [0.15, 0.2) is 0 Å². The first-order valence-electron chi connectivity index (χ1n) is 6.43. The summed E-state index contributed by atoms with van der Waals surface area (Å²) in [6.45, 7) is 14.2. The molecule has 0 atom stereocenters. The van der Waals surface area contributed by atoms with Crippen LogP contribution in [0.25, 0.3) is 0 Å². The Kier molecular flexibility index (Phi) is 5.78. The average Bonchev–Trinajstić information content (AvgIpc) is 2.03. The van der Waals surface area contributed by atoms with Crippen molar-refractivity contribution >= 4 is 0 Å². The van der Waals surface area contributed by atoms with Crippen LogP contribution in [-0.4, -0.2) is 0 Å². The van der Waals surface area contributed by atoms with Crippen LogP contribution in [0.2, 0.25) is 0 Å². The maximum absolute atomic E-state index is 2.42. The SMILES string of the molecule is CCCC(CCC)(CCC)C(C)(C)C. The summed E-state index contributed by atoms with van der Waals surface area (Å²) in [5.41, 5.74) is 1.06. The molecule has 0 aromatic carbocycles. The van der Waals surface area contributed by atoms with E-state index in [1.807, 2.05) is 0 Å². The van der Waals surface area contributed by atoms with Crippen LogP contribution < -0.4 is 0 Å². The minimum absolute atomic E-state index is 0.467. The summed E-state index contributed by atoms with van der Waals surface area (Å²) in [6, 6.07) is 0. The van der Waals surface area contributed by atoms with Gasteiger partial charge < -0.3 is 0 Å². The van der Waals surface area contributed by atoms with Gasteiger partial charge in [0.1, 0.15) is 0 Å². The van der Waals surface area contributed by atoms with E-state index in [1.54, 1.807) is 0 Å². The Labute approximate surface area is 91.5 Å². The Morgan fingerprint density at radius 3 is 1.07 bits per heavy atom. The summed E-state index contributed by atoms with van der Waals surface area (Å²) in [7, 11) is 0. The van der Waals surface area contributed by atoms with Crippen molar-refractivity contribution in [1.82, 2.24) is 0 Å². The predicted molar refractivity (Wildman–Crippen MR) is 66.6 cm³/mol. The fourth-order valence-electron chi connectivity index (χ4n) is 2.94. The van der Waals surface area contributed by atoms with Crippen LogP contribution in [0, 0.1) is 10.8 Å². The van der Waals surface area contributed by atoms with E-state index in [4.69, 9.17) is 0 Å². The minimum atomic E-state index is 0.467. The molecule has 0 fully saturated rings. The number of hydrogen-bond acceptors (Lipinski definition) is 0. The van der Waals surface area contributed by atoms with Crippen molar-refractivity contribution in [3.05, 3.63) is 0 Å². The zero-order chi connectivity index (χ0) is 11.2. The molecule has 0 aliphatic heterocycles. The van der Waals surface area contributed by atoms with Gasteiger partial charge in [0, 0.05) is 0 Å². The van der Waals surface area contributed by atoms with Gasteiger partial charge in [-0.3, -0.25) is 0 Å². The first-order valence-corrected chi connectivity index (χ1v) is 6.43. The lowest BCUT2D eigenvalue weighted by Gasteiger charge is -2.45. The molecular formula is C14H30. The van der Waals surface area contributed by atoms with Gasteiger partial charge >= 0.3 is 0 Å². The van der Waals surface area contributed by atoms with E-state index in [0.29, 0.717) is 10.8 Å². The lowest BCUT2D eigenvalue weighted by Crippen LogP contribution is -2.35. The minimum Gasteiger partial charge on any atom is -0.0654 e. The molecule has 0 aliphatic carbocycles. The highest BCUT2D eigenvalue weighted by atomic mass is 14.4. The van der Waals surface area contributed by atoms with Gasteiger partial charge in [0.05, 0.1) is 0 Å². The van der Waals surface area contributed by atoms with Gasteiger partial charge in [-0.1, -0.05) is 60.8 Å². The molecule has 0 rings (SSSR count). The van der Waals surface area contributed by atoms with Crippen LogP contribution in [0.3, 0.4) is 0 Å². The lowest BCUT2D eigenvalue weighted by atomic mass is 9.60. The van der Waals surface area contributed by atoms with E-state index in [1.165, 1.54) is 38.5 Å². The fraction of sp³-hybridized carbons (Fsp3) is 1.00. The van der Waals surface area contributed by atoms with Crippen molar-refractivity contribution in [1.29, 1.82) is 0 Å². The summed E-state index contributed by atoms with van der Waals surface area (Å²) >= 11 is 0. The summed E-state index contributed by atoms with van der Waals surface area (Å²) in [6.07, 6.45) is 8.19. The topological polar surface area (TPSA) is 0 Å². The molecule has 0 heterocycles. The van der Waals surface area contributed by atoms with Crippen molar-refractivity contribution in [3.63, 3.8) is 0 Å². The average molecular weight is 198 g/mol. The molecule has 0 bridgehead atoms. The van der Waals surface area contributed by atoms with Crippen molar-refractivity contribution in [3.8, 4) is 0 Å². The zero-order valence-electron chi connectivity index (χ0n) is 11.2. The molecule has 0 spiro atoms. The van der Waals surface area contributed by atoms with E-state index in [-0.39, 0.29) is 0 Å². The highest BCUT2D eigenvalue weighted by Gasteiger charge is 2.38. The van der Waals surface area contributed by atoms with E-state index in [9.17, 15) is 0 Å². The molecule has 14 heavy (non-hydrogen) atoms. The third-order valence-electron chi connectivity index (χ3n) is 3.78. The molecule has 0 heteroatoms. The molecule has 0 N–H and O–H groups in total. The molecule has 0 nitrogen and oxygen atoms in total. The summed E-state index contributed by atoms with van der Waals surface area (Å²) in [5.74, 6) is 0. The third-order valence-corrected chi connectivity index (χ3v) is 3.78. The fourth-order valence-corrected chi connectivity index (χ4v) is 2.94. The highest BCUT2D eigenvalue weighted by Crippen LogP contribution is 2.49. The van der Waals surface area contributed by atoms with Crippen molar-refractivity contribution in [2.75, 3.05) is 0 Å². The molecule has 0 aromatic heterocycles. The molecule has 0 aliphatic rings. The summed E-state index contributed by atoms with van der Waals surface area (Å²) < 4.78 is 0. The Hall–Kier alpha value is 0. The summed E-state index contributed by atoms with van der Waals surface area (Å²) in [4.78, 5) is 0. The van der Waals surface area contributed by atoms with E-state index in [0.717, 1.165) is 0 Å². The van der Waals surface area contributed by atoms with Gasteiger partial charge in [-0.05, 0) is 30.1 Å². The Morgan fingerprint density at radius 1 is 0.643 bits per heavy atom. The normalized spacial score (nSPS) is 13.3. The second-order valence-electron chi connectivity index (χ2n) is 5.78. The van der Waals surface area contributed by atoms with Crippen molar-refractivity contribution in [2.24, 2.45) is 10.8 Å². The summed E-state index contributed by atoms with van der Waals surface area (Å²) in [5, 5.41) is 0. The quantitative estimate of drug-likeness (QED) is 0.534. The van der Waals surface area contributed by atoms with Crippen LogP contribution in [0.1, 0.15) is 80.1 Å². The molecule has 0 aromatic rings. The lowest BCUT2D eigenvalue weighted by molar-refractivity contribution is 0.0493. The Bertz CT molecular complexity index is 122. The van der Waals surface area contributed by atoms with Crippen molar-refractivity contribution in [2.45, 2.75) is 80.1 Å². The van der Waals surface area contributed by atoms with Gasteiger partial charge in [-0.15, -0.1) is 0 Å². The Balaban J connectivity index is 4.73. The molecule has 0 saturated heterocycles. The van der Waals surface area contributed by atoms with Crippen LogP contribution in [0.4, 0.5) is 0 Å². The number of hydrogen-bond donors (Lipinski definition) is 0. The van der Waals surface area contributed by atoms with Gasteiger partial charge in [0.2, 0.25) is 0 Å². The van der Waals surface area contributed by atoms with Crippen LogP contribution in [0.5, 0.6) is 0 Å². The standard InChI is InChI=1S/C14H30/c1-7-10-14(11-8-2,12-9-3)13(4,5)6/h7-12H2,1-6H3. The second kappa shape index (κ2) is 5.78. The highest BCUT2D eigenvalue weighted by molar-refractivity contribution is 4.89. The smallest absolute Gasteiger partial charge is 0.0249 e. The van der Waals surface area contributed by atoms with Gasteiger partial charge in [-0.2, -0.15) is 0 Å². The molecule has 0 unspecified atom stereocenters. The monoisotopic (exact) mass is 198 g/mol. The second-order valence-corrected chi connectivity index (χ2v) is 5.78. The number of rotatable bonds is 6. The molecule has 86 valence electrons. The van der Waals surface area contributed by atoms with Crippen LogP contribution in [0.15, 0.2) is 0 Å². The van der Waals surface area contributed by atoms with E-state index < -0.39 is 0 Å².